The van der Waals surface area contributed by atoms with Gasteiger partial charge in [-0.25, -0.2) is 0 Å². The summed E-state index contributed by atoms with van der Waals surface area (Å²) in [4.78, 5) is 15.6. The second kappa shape index (κ2) is 9.72. The van der Waals surface area contributed by atoms with Crippen LogP contribution in [-0.4, -0.2) is 43.2 Å². The Labute approximate surface area is 163 Å². The van der Waals surface area contributed by atoms with Crippen LogP contribution in [0.15, 0.2) is 24.3 Å². The zero-order valence-corrected chi connectivity index (χ0v) is 16.7. The van der Waals surface area contributed by atoms with Gasteiger partial charge in [0.05, 0.1) is 11.5 Å². The lowest BCUT2D eigenvalue weighted by Gasteiger charge is -2.39. The van der Waals surface area contributed by atoms with E-state index in [0.29, 0.717) is 12.5 Å². The van der Waals surface area contributed by atoms with Crippen molar-refractivity contribution in [3.05, 3.63) is 35.4 Å². The minimum absolute atomic E-state index is 0. The number of carbonyl (C=O) groups is 1. The Balaban J connectivity index is 0.00000243. The van der Waals surface area contributed by atoms with E-state index in [0.717, 1.165) is 64.6 Å². The predicted molar refractivity (Wildman–Crippen MR) is 108 cm³/mol. The van der Waals surface area contributed by atoms with Gasteiger partial charge in [0.25, 0.3) is 0 Å². The lowest BCUT2D eigenvalue weighted by molar-refractivity contribution is -0.140. The first kappa shape index (κ1) is 21.2. The SMILES string of the molecule is Cc1cccc(C2(C(=O)N3CCC(OCCCN)CC3)CCCC2)c1.Cl. The Kier molecular flexibility index (Phi) is 7.93. The van der Waals surface area contributed by atoms with Crippen molar-refractivity contribution < 1.29 is 9.53 Å². The number of aryl methyl sites for hydroxylation is 1. The first-order valence-electron chi connectivity index (χ1n) is 9.84. The van der Waals surface area contributed by atoms with Gasteiger partial charge >= 0.3 is 0 Å². The number of hydrogen-bond donors (Lipinski definition) is 1. The van der Waals surface area contributed by atoms with Crippen molar-refractivity contribution in [3.63, 3.8) is 0 Å². The number of ether oxygens (including phenoxy) is 1. The molecule has 1 saturated heterocycles. The summed E-state index contributed by atoms with van der Waals surface area (Å²) in [5.41, 5.74) is 7.69. The molecule has 1 saturated carbocycles. The van der Waals surface area contributed by atoms with E-state index in [-0.39, 0.29) is 23.9 Å². The van der Waals surface area contributed by atoms with Gasteiger partial charge < -0.3 is 15.4 Å². The van der Waals surface area contributed by atoms with Gasteiger partial charge in [-0.05, 0) is 51.1 Å². The maximum absolute atomic E-state index is 13.5. The van der Waals surface area contributed by atoms with Crippen LogP contribution < -0.4 is 5.73 Å². The monoisotopic (exact) mass is 380 g/mol. The standard InChI is InChI=1S/C21H32N2O2.ClH/c1-17-6-4-7-18(16-17)21(10-2-3-11-21)20(24)23-13-8-19(9-14-23)25-15-5-12-22;/h4,6-7,16,19H,2-3,5,8-15,22H2,1H3;1H. The molecule has 1 aliphatic carbocycles. The molecule has 3 rings (SSSR count). The predicted octanol–water partition coefficient (Wildman–Crippen LogP) is 3.59. The molecule has 0 bridgehead atoms. The summed E-state index contributed by atoms with van der Waals surface area (Å²) in [6.07, 6.45) is 7.37. The normalized spacial score (nSPS) is 20.0. The largest absolute Gasteiger partial charge is 0.378 e. The fourth-order valence-electron chi connectivity index (χ4n) is 4.41. The minimum atomic E-state index is -0.292. The molecule has 1 heterocycles. The topological polar surface area (TPSA) is 55.6 Å². The number of hydrogen-bond acceptors (Lipinski definition) is 3. The van der Waals surface area contributed by atoms with E-state index in [2.05, 4.69) is 36.1 Å². The zero-order chi connectivity index (χ0) is 17.7. The van der Waals surface area contributed by atoms with E-state index in [4.69, 9.17) is 10.5 Å². The van der Waals surface area contributed by atoms with Crippen LogP contribution in [0.5, 0.6) is 0 Å². The van der Waals surface area contributed by atoms with Crippen LogP contribution in [0.3, 0.4) is 0 Å². The number of amides is 1. The summed E-state index contributed by atoms with van der Waals surface area (Å²) in [7, 11) is 0. The van der Waals surface area contributed by atoms with Crippen LogP contribution in [0.1, 0.15) is 56.1 Å². The summed E-state index contributed by atoms with van der Waals surface area (Å²) < 4.78 is 5.88. The van der Waals surface area contributed by atoms with Gasteiger partial charge in [-0.2, -0.15) is 0 Å². The summed E-state index contributed by atoms with van der Waals surface area (Å²) in [5, 5.41) is 0. The van der Waals surface area contributed by atoms with Crippen molar-refractivity contribution in [2.24, 2.45) is 5.73 Å². The first-order valence-corrected chi connectivity index (χ1v) is 9.84. The smallest absolute Gasteiger partial charge is 0.233 e. The molecule has 1 aromatic rings. The van der Waals surface area contributed by atoms with E-state index in [1.807, 2.05) is 0 Å². The van der Waals surface area contributed by atoms with Crippen LogP contribution in [-0.2, 0) is 14.9 Å². The Morgan fingerprint density at radius 2 is 1.96 bits per heavy atom. The minimum Gasteiger partial charge on any atom is -0.378 e. The number of halogens is 1. The molecule has 1 amide bonds. The number of carbonyl (C=O) groups excluding carboxylic acids is 1. The van der Waals surface area contributed by atoms with E-state index in [1.165, 1.54) is 11.1 Å². The Hall–Kier alpha value is -1.10. The van der Waals surface area contributed by atoms with Crippen LogP contribution in [0, 0.1) is 6.92 Å². The second-order valence-corrected chi connectivity index (χ2v) is 7.66. The molecule has 0 spiro atoms. The third-order valence-corrected chi connectivity index (χ3v) is 5.87. The quantitative estimate of drug-likeness (QED) is 0.767. The average molecular weight is 381 g/mol. The van der Waals surface area contributed by atoms with Crippen molar-refractivity contribution in [1.29, 1.82) is 0 Å². The number of benzene rings is 1. The molecular weight excluding hydrogens is 348 g/mol. The van der Waals surface area contributed by atoms with Gasteiger partial charge in [-0.15, -0.1) is 12.4 Å². The highest BCUT2D eigenvalue weighted by molar-refractivity contribution is 5.88. The van der Waals surface area contributed by atoms with Gasteiger partial charge in [0, 0.05) is 19.7 Å². The molecule has 0 atom stereocenters. The molecule has 2 aliphatic rings. The molecule has 1 aromatic carbocycles. The highest BCUT2D eigenvalue weighted by Crippen LogP contribution is 2.43. The molecule has 0 radical (unpaired) electrons. The van der Waals surface area contributed by atoms with Crippen LogP contribution in [0.25, 0.3) is 0 Å². The number of nitrogens with zero attached hydrogens (tertiary/aromatic N) is 1. The number of piperidine rings is 1. The summed E-state index contributed by atoms with van der Waals surface area (Å²) in [6, 6.07) is 8.57. The second-order valence-electron chi connectivity index (χ2n) is 7.66. The number of rotatable bonds is 6. The van der Waals surface area contributed by atoms with Crippen molar-refractivity contribution in [3.8, 4) is 0 Å². The van der Waals surface area contributed by atoms with Crippen molar-refractivity contribution in [2.75, 3.05) is 26.2 Å². The fourth-order valence-corrected chi connectivity index (χ4v) is 4.41. The summed E-state index contributed by atoms with van der Waals surface area (Å²) in [5.74, 6) is 0.344. The van der Waals surface area contributed by atoms with Gasteiger partial charge in [0.2, 0.25) is 5.91 Å². The molecule has 4 nitrogen and oxygen atoms in total. The van der Waals surface area contributed by atoms with E-state index < -0.39 is 0 Å². The van der Waals surface area contributed by atoms with Gasteiger partial charge in [0.1, 0.15) is 0 Å². The average Bonchev–Trinajstić information content (AvgIpc) is 3.13. The fraction of sp³-hybridized carbons (Fsp3) is 0.667. The number of nitrogens with two attached hydrogens (primary N) is 1. The summed E-state index contributed by atoms with van der Waals surface area (Å²) in [6.45, 7) is 5.17. The van der Waals surface area contributed by atoms with Crippen LogP contribution in [0.4, 0.5) is 0 Å². The van der Waals surface area contributed by atoms with Crippen LogP contribution >= 0.6 is 12.4 Å². The summed E-state index contributed by atoms with van der Waals surface area (Å²) >= 11 is 0. The Morgan fingerprint density at radius 1 is 1.27 bits per heavy atom. The lowest BCUT2D eigenvalue weighted by Crippen LogP contribution is -2.49. The van der Waals surface area contributed by atoms with Gasteiger partial charge in [-0.3, -0.25) is 4.79 Å². The third kappa shape index (κ3) is 4.59. The lowest BCUT2D eigenvalue weighted by atomic mass is 9.76. The molecular formula is C21H33ClN2O2. The highest BCUT2D eigenvalue weighted by Gasteiger charge is 2.45. The van der Waals surface area contributed by atoms with E-state index in [1.54, 1.807) is 0 Å². The first-order chi connectivity index (χ1) is 12.2. The zero-order valence-electron chi connectivity index (χ0n) is 15.9. The van der Waals surface area contributed by atoms with Crippen LogP contribution in [0.2, 0.25) is 0 Å². The molecule has 146 valence electrons. The maximum Gasteiger partial charge on any atom is 0.233 e. The van der Waals surface area contributed by atoms with Crippen molar-refractivity contribution >= 4 is 18.3 Å². The number of likely N-dealkylation sites (tertiary alicyclic amines) is 1. The molecule has 2 N–H and O–H groups in total. The van der Waals surface area contributed by atoms with E-state index >= 15 is 0 Å². The molecule has 5 heteroatoms. The van der Waals surface area contributed by atoms with Gasteiger partial charge in [-0.1, -0.05) is 42.7 Å². The maximum atomic E-state index is 13.5. The van der Waals surface area contributed by atoms with E-state index in [9.17, 15) is 4.79 Å². The van der Waals surface area contributed by atoms with Gasteiger partial charge in [0.15, 0.2) is 0 Å². The molecule has 0 aromatic heterocycles. The van der Waals surface area contributed by atoms with Crippen molar-refractivity contribution in [1.82, 2.24) is 4.90 Å². The molecule has 26 heavy (non-hydrogen) atoms. The Morgan fingerprint density at radius 3 is 2.58 bits per heavy atom. The molecule has 1 aliphatic heterocycles. The third-order valence-electron chi connectivity index (χ3n) is 5.87. The molecule has 0 unspecified atom stereocenters. The Bertz CT molecular complexity index is 579. The molecule has 2 fully saturated rings. The highest BCUT2D eigenvalue weighted by atomic mass is 35.5. The van der Waals surface area contributed by atoms with Crippen molar-refractivity contribution in [2.45, 2.75) is 63.4 Å².